The summed E-state index contributed by atoms with van der Waals surface area (Å²) in [7, 11) is 0. The van der Waals surface area contributed by atoms with Gasteiger partial charge in [0.25, 0.3) is 5.56 Å². The Balaban J connectivity index is 1.43. The number of piperidine rings is 1. The maximum atomic E-state index is 11.8. The van der Waals surface area contributed by atoms with Crippen molar-refractivity contribution in [2.45, 2.75) is 38.6 Å². The molecular weight excluding hydrogens is 290 g/mol. The van der Waals surface area contributed by atoms with Crippen molar-refractivity contribution in [1.29, 1.82) is 0 Å². The summed E-state index contributed by atoms with van der Waals surface area (Å²) in [6, 6.07) is 1.53. The second kappa shape index (κ2) is 6.10. The second-order valence-corrected chi connectivity index (χ2v) is 6.48. The first kappa shape index (κ1) is 14.4. The van der Waals surface area contributed by atoms with E-state index in [2.05, 4.69) is 19.9 Å². The molecule has 23 heavy (non-hydrogen) atoms. The van der Waals surface area contributed by atoms with Crippen molar-refractivity contribution in [2.24, 2.45) is 5.92 Å². The number of anilines is 1. The molecule has 2 aliphatic rings. The molecule has 3 heterocycles. The number of fused-ring (bicyclic) bond motifs is 1. The molecule has 2 aromatic heterocycles. The highest BCUT2D eigenvalue weighted by molar-refractivity contribution is 5.50. The first-order valence-electron chi connectivity index (χ1n) is 8.39. The largest absolute Gasteiger partial charge is 0.356 e. The van der Waals surface area contributed by atoms with Crippen LogP contribution >= 0.6 is 0 Å². The number of aryl methyl sites for hydroxylation is 1. The van der Waals surface area contributed by atoms with Gasteiger partial charge in [-0.1, -0.05) is 0 Å². The molecule has 0 bridgehead atoms. The predicted molar refractivity (Wildman–Crippen MR) is 87.5 cm³/mol. The van der Waals surface area contributed by atoms with Crippen LogP contribution in [-0.4, -0.2) is 32.6 Å². The summed E-state index contributed by atoms with van der Waals surface area (Å²) in [5, 5.41) is 0. The van der Waals surface area contributed by atoms with E-state index < -0.39 is 0 Å². The van der Waals surface area contributed by atoms with E-state index >= 15 is 0 Å². The van der Waals surface area contributed by atoms with E-state index in [0.717, 1.165) is 51.1 Å². The lowest BCUT2D eigenvalue weighted by Gasteiger charge is -2.33. The van der Waals surface area contributed by atoms with Gasteiger partial charge in [0, 0.05) is 43.2 Å². The molecule has 1 saturated heterocycles. The quantitative estimate of drug-likeness (QED) is 0.858. The van der Waals surface area contributed by atoms with E-state index in [1.807, 2.05) is 0 Å². The molecule has 6 heteroatoms. The first-order valence-corrected chi connectivity index (χ1v) is 8.39. The van der Waals surface area contributed by atoms with E-state index in [0.29, 0.717) is 5.92 Å². The lowest BCUT2D eigenvalue weighted by Crippen LogP contribution is -2.37. The Labute approximate surface area is 135 Å². The zero-order chi connectivity index (χ0) is 15.6. The minimum absolute atomic E-state index is 0.0380. The van der Waals surface area contributed by atoms with Crippen LogP contribution in [0.1, 0.15) is 30.5 Å². The van der Waals surface area contributed by atoms with Gasteiger partial charge in [0.05, 0.1) is 6.33 Å². The highest BCUT2D eigenvalue weighted by Crippen LogP contribution is 2.30. The van der Waals surface area contributed by atoms with Crippen LogP contribution in [0.15, 0.2) is 29.7 Å². The molecule has 0 spiro atoms. The van der Waals surface area contributed by atoms with E-state index in [-0.39, 0.29) is 5.56 Å². The fourth-order valence-electron chi connectivity index (χ4n) is 3.74. The molecule has 0 unspecified atom stereocenters. The molecule has 0 aromatic carbocycles. The minimum atomic E-state index is 0.0380. The van der Waals surface area contributed by atoms with Crippen molar-refractivity contribution in [1.82, 2.24) is 19.5 Å². The third kappa shape index (κ3) is 2.85. The molecule has 0 N–H and O–H groups in total. The molecule has 1 fully saturated rings. The molecule has 6 nitrogen and oxygen atoms in total. The molecule has 0 radical (unpaired) electrons. The van der Waals surface area contributed by atoms with Crippen LogP contribution in [0, 0.1) is 5.92 Å². The van der Waals surface area contributed by atoms with Crippen LogP contribution in [-0.2, 0) is 19.4 Å². The average Bonchev–Trinajstić information content (AvgIpc) is 3.06. The monoisotopic (exact) mass is 311 g/mol. The maximum absolute atomic E-state index is 11.8. The molecule has 1 aliphatic carbocycles. The van der Waals surface area contributed by atoms with E-state index in [1.54, 1.807) is 23.4 Å². The van der Waals surface area contributed by atoms with Crippen LogP contribution < -0.4 is 10.5 Å². The third-order valence-electron chi connectivity index (χ3n) is 5.01. The first-order chi connectivity index (χ1) is 11.3. The second-order valence-electron chi connectivity index (χ2n) is 6.48. The summed E-state index contributed by atoms with van der Waals surface area (Å²) in [5.41, 5.74) is 2.63. The van der Waals surface area contributed by atoms with Crippen LogP contribution in [0.2, 0.25) is 0 Å². The van der Waals surface area contributed by atoms with Crippen molar-refractivity contribution in [2.75, 3.05) is 18.0 Å². The topological polar surface area (TPSA) is 63.9 Å². The van der Waals surface area contributed by atoms with Gasteiger partial charge in [0.1, 0.15) is 12.1 Å². The van der Waals surface area contributed by atoms with Gasteiger partial charge in [-0.25, -0.2) is 15.0 Å². The van der Waals surface area contributed by atoms with Gasteiger partial charge in [0.2, 0.25) is 0 Å². The van der Waals surface area contributed by atoms with E-state index in [4.69, 9.17) is 0 Å². The van der Waals surface area contributed by atoms with Crippen molar-refractivity contribution in [3.05, 3.63) is 46.5 Å². The third-order valence-corrected chi connectivity index (χ3v) is 5.01. The van der Waals surface area contributed by atoms with Gasteiger partial charge in [-0.05, 0) is 38.0 Å². The predicted octanol–water partition coefficient (Wildman–Crippen LogP) is 1.44. The fraction of sp³-hybridized carbons (Fsp3) is 0.529. The van der Waals surface area contributed by atoms with Crippen molar-refractivity contribution >= 4 is 5.82 Å². The van der Waals surface area contributed by atoms with Crippen molar-refractivity contribution < 1.29 is 0 Å². The number of hydrogen-bond acceptors (Lipinski definition) is 5. The zero-order valence-electron chi connectivity index (χ0n) is 13.2. The summed E-state index contributed by atoms with van der Waals surface area (Å²) >= 11 is 0. The highest BCUT2D eigenvalue weighted by atomic mass is 16.1. The zero-order valence-corrected chi connectivity index (χ0v) is 13.2. The van der Waals surface area contributed by atoms with Gasteiger partial charge < -0.3 is 4.90 Å². The Morgan fingerprint density at radius 1 is 1.17 bits per heavy atom. The summed E-state index contributed by atoms with van der Waals surface area (Å²) in [6.07, 6.45) is 10.5. The summed E-state index contributed by atoms with van der Waals surface area (Å²) in [6.45, 7) is 2.77. The van der Waals surface area contributed by atoms with E-state index in [1.165, 1.54) is 23.7 Å². The van der Waals surface area contributed by atoms with E-state index in [9.17, 15) is 4.79 Å². The molecule has 0 atom stereocenters. The molecule has 120 valence electrons. The molecule has 1 aliphatic heterocycles. The highest BCUT2D eigenvalue weighted by Gasteiger charge is 2.25. The van der Waals surface area contributed by atoms with Gasteiger partial charge in [0.15, 0.2) is 0 Å². The number of hydrogen-bond donors (Lipinski definition) is 0. The normalized spacial score (nSPS) is 18.2. The SMILES string of the molecule is O=c1ccncn1CC1CCN(c2ncnc3c2CCC3)CC1. The average molecular weight is 311 g/mol. The van der Waals surface area contributed by atoms with Crippen molar-refractivity contribution in [3.8, 4) is 0 Å². The Hall–Kier alpha value is -2.24. The van der Waals surface area contributed by atoms with Crippen LogP contribution in [0.4, 0.5) is 5.82 Å². The molecular formula is C17H21N5O. The Morgan fingerprint density at radius 2 is 2.04 bits per heavy atom. The smallest absolute Gasteiger partial charge is 0.253 e. The van der Waals surface area contributed by atoms with Gasteiger partial charge in [-0.15, -0.1) is 0 Å². The standard InChI is InChI=1S/C17H21N5O/c23-16-4-7-18-12-22(16)10-13-5-8-21(9-6-13)17-14-2-1-3-15(14)19-11-20-17/h4,7,11-13H,1-3,5-6,8-10H2. The number of aromatic nitrogens is 4. The summed E-state index contributed by atoms with van der Waals surface area (Å²) in [5.74, 6) is 1.67. The van der Waals surface area contributed by atoms with Gasteiger partial charge in [-0.3, -0.25) is 9.36 Å². The number of nitrogens with zero attached hydrogens (tertiary/aromatic N) is 5. The molecule has 4 rings (SSSR count). The van der Waals surface area contributed by atoms with Crippen LogP contribution in [0.3, 0.4) is 0 Å². The number of rotatable bonds is 3. The van der Waals surface area contributed by atoms with Crippen LogP contribution in [0.5, 0.6) is 0 Å². The maximum Gasteiger partial charge on any atom is 0.253 e. The fourth-order valence-corrected chi connectivity index (χ4v) is 3.74. The van der Waals surface area contributed by atoms with Crippen LogP contribution in [0.25, 0.3) is 0 Å². The summed E-state index contributed by atoms with van der Waals surface area (Å²) in [4.78, 5) is 27.2. The minimum Gasteiger partial charge on any atom is -0.356 e. The summed E-state index contributed by atoms with van der Waals surface area (Å²) < 4.78 is 1.72. The molecule has 2 aromatic rings. The lowest BCUT2D eigenvalue weighted by molar-refractivity contribution is 0.350. The Morgan fingerprint density at radius 3 is 2.87 bits per heavy atom. The lowest BCUT2D eigenvalue weighted by atomic mass is 9.96. The molecule has 0 saturated carbocycles. The van der Waals surface area contributed by atoms with Gasteiger partial charge >= 0.3 is 0 Å². The molecule has 0 amide bonds. The Bertz CT molecular complexity index is 749. The van der Waals surface area contributed by atoms with Crippen molar-refractivity contribution in [3.63, 3.8) is 0 Å². The van der Waals surface area contributed by atoms with Gasteiger partial charge in [-0.2, -0.15) is 0 Å². The Kier molecular flexibility index (Phi) is 3.81.